The van der Waals surface area contributed by atoms with Gasteiger partial charge in [-0.3, -0.25) is 9.69 Å². The molecule has 0 fully saturated rings. The Morgan fingerprint density at radius 2 is 1.97 bits per heavy atom. The zero-order valence-corrected chi connectivity index (χ0v) is 15.8. The smallest absolute Gasteiger partial charge is 0.406 e. The minimum absolute atomic E-state index is 0.186. The van der Waals surface area contributed by atoms with E-state index < -0.39 is 43.3 Å². The van der Waals surface area contributed by atoms with Gasteiger partial charge in [0.05, 0.1) is 18.3 Å². The lowest BCUT2D eigenvalue weighted by Gasteiger charge is -2.32. The first-order valence-electron chi connectivity index (χ1n) is 9.01. The van der Waals surface area contributed by atoms with E-state index in [1.54, 1.807) is 6.21 Å². The van der Waals surface area contributed by atoms with Crippen LogP contribution in [0.1, 0.15) is 24.4 Å². The lowest BCUT2D eigenvalue weighted by atomic mass is 10.1. The summed E-state index contributed by atoms with van der Waals surface area (Å²) in [6.45, 7) is -4.15. The fourth-order valence-corrected chi connectivity index (χ4v) is 3.01. The lowest BCUT2D eigenvalue weighted by molar-refractivity contribution is -0.274. The molecule has 13 heteroatoms. The molecule has 1 aromatic carbocycles. The first kappa shape index (κ1) is 22.5. The number of rotatable bonds is 6. The molecule has 8 nitrogen and oxygen atoms in total. The fraction of sp³-hybridized carbons (Fsp3) is 0.389. The van der Waals surface area contributed by atoms with E-state index in [0.717, 1.165) is 17.0 Å². The first-order valence-corrected chi connectivity index (χ1v) is 9.01. The molecule has 0 spiro atoms. The molecule has 0 bridgehead atoms. The van der Waals surface area contributed by atoms with Gasteiger partial charge >= 0.3 is 19.0 Å². The van der Waals surface area contributed by atoms with Crippen LogP contribution in [0.15, 0.2) is 40.8 Å². The van der Waals surface area contributed by atoms with E-state index in [-0.39, 0.29) is 17.9 Å². The maximum absolute atomic E-state index is 12.8. The molecule has 0 saturated carbocycles. The van der Waals surface area contributed by atoms with Gasteiger partial charge in [-0.2, -0.15) is 8.78 Å². The van der Waals surface area contributed by atoms with Crippen LogP contribution in [0.25, 0.3) is 0 Å². The Labute approximate surface area is 172 Å². The number of alkyl halides is 5. The standard InChI is InChI=1S/C18H17F5N4O4/c19-16(20)30-9-13(10-3-5-11(6-4-10)31-18(21,22)23)26-17(29)27-8-14(28)25-12-2-1-7-24-15(12)27/h3-7,13,16H,1-2,8-9H2,(H,25,28)(H,26,29). The average molecular weight is 448 g/mol. The monoisotopic (exact) mass is 448 g/mol. The van der Waals surface area contributed by atoms with Crippen molar-refractivity contribution in [2.45, 2.75) is 31.9 Å². The molecule has 1 aromatic rings. The number of allylic oxidation sites excluding steroid dienone is 1. The van der Waals surface area contributed by atoms with Gasteiger partial charge in [0.25, 0.3) is 0 Å². The van der Waals surface area contributed by atoms with Crippen molar-refractivity contribution in [3.63, 3.8) is 0 Å². The normalized spacial score (nSPS) is 17.4. The van der Waals surface area contributed by atoms with Gasteiger partial charge in [-0.05, 0) is 30.5 Å². The van der Waals surface area contributed by atoms with E-state index in [2.05, 4.69) is 25.1 Å². The first-order chi connectivity index (χ1) is 14.6. The van der Waals surface area contributed by atoms with Crippen molar-refractivity contribution >= 4 is 18.2 Å². The highest BCUT2D eigenvalue weighted by Gasteiger charge is 2.33. The highest BCUT2D eigenvalue weighted by atomic mass is 19.4. The number of aliphatic imine (C=N–C) groups is 1. The molecule has 0 aliphatic carbocycles. The van der Waals surface area contributed by atoms with E-state index in [0.29, 0.717) is 18.5 Å². The van der Waals surface area contributed by atoms with Gasteiger partial charge in [-0.1, -0.05) is 12.1 Å². The summed E-state index contributed by atoms with van der Waals surface area (Å²) in [7, 11) is 0. The maximum Gasteiger partial charge on any atom is 0.573 e. The Bertz CT molecular complexity index is 886. The SMILES string of the molecule is O=C1CN(C(=O)NC(COC(F)F)c2ccc(OC(F)(F)F)cc2)C2=C(CCC=N2)N1. The Hall–Kier alpha value is -3.22. The second kappa shape index (κ2) is 9.29. The fourth-order valence-electron chi connectivity index (χ4n) is 3.01. The van der Waals surface area contributed by atoms with Crippen molar-refractivity contribution in [3.05, 3.63) is 41.3 Å². The van der Waals surface area contributed by atoms with E-state index in [9.17, 15) is 31.5 Å². The summed E-state index contributed by atoms with van der Waals surface area (Å²) < 4.78 is 70.1. The Balaban J connectivity index is 1.78. The van der Waals surface area contributed by atoms with Crippen LogP contribution in [0.5, 0.6) is 5.75 Å². The van der Waals surface area contributed by atoms with Crippen LogP contribution in [0, 0.1) is 0 Å². The summed E-state index contributed by atoms with van der Waals surface area (Å²) in [5, 5.41) is 5.09. The van der Waals surface area contributed by atoms with E-state index >= 15 is 0 Å². The molecule has 3 rings (SSSR count). The van der Waals surface area contributed by atoms with Crippen molar-refractivity contribution in [2.75, 3.05) is 13.2 Å². The quantitative estimate of drug-likeness (QED) is 0.655. The van der Waals surface area contributed by atoms with Crippen LogP contribution < -0.4 is 15.4 Å². The predicted molar refractivity (Wildman–Crippen MR) is 96.0 cm³/mol. The molecule has 3 amide bonds. The average Bonchev–Trinajstić information content (AvgIpc) is 2.69. The molecule has 0 radical (unpaired) electrons. The number of urea groups is 1. The second-order valence-corrected chi connectivity index (χ2v) is 6.50. The number of nitrogens with zero attached hydrogens (tertiary/aromatic N) is 2. The Morgan fingerprint density at radius 3 is 2.61 bits per heavy atom. The van der Waals surface area contributed by atoms with E-state index in [4.69, 9.17) is 0 Å². The van der Waals surface area contributed by atoms with Crippen LogP contribution in [-0.4, -0.2) is 49.2 Å². The van der Waals surface area contributed by atoms with Crippen molar-refractivity contribution in [2.24, 2.45) is 4.99 Å². The third kappa shape index (κ3) is 6.13. The van der Waals surface area contributed by atoms with Gasteiger partial charge in [0.15, 0.2) is 5.82 Å². The van der Waals surface area contributed by atoms with Crippen molar-refractivity contribution in [1.82, 2.24) is 15.5 Å². The van der Waals surface area contributed by atoms with Crippen molar-refractivity contribution in [3.8, 4) is 5.75 Å². The number of carbonyl (C=O) groups excluding carboxylic acids is 2. The lowest BCUT2D eigenvalue weighted by Crippen LogP contribution is -2.50. The van der Waals surface area contributed by atoms with Gasteiger partial charge < -0.3 is 20.1 Å². The van der Waals surface area contributed by atoms with Crippen molar-refractivity contribution in [1.29, 1.82) is 0 Å². The van der Waals surface area contributed by atoms with Gasteiger partial charge in [0, 0.05) is 6.21 Å². The van der Waals surface area contributed by atoms with Gasteiger partial charge in [0.2, 0.25) is 5.91 Å². The second-order valence-electron chi connectivity index (χ2n) is 6.50. The molecule has 2 aliphatic rings. The van der Waals surface area contributed by atoms with Crippen LogP contribution in [0.4, 0.5) is 26.7 Å². The number of hydrogen-bond acceptors (Lipinski definition) is 5. The molecular weight excluding hydrogens is 431 g/mol. The minimum atomic E-state index is -4.89. The minimum Gasteiger partial charge on any atom is -0.406 e. The largest absolute Gasteiger partial charge is 0.573 e. The number of nitrogens with one attached hydrogen (secondary N) is 2. The summed E-state index contributed by atoms with van der Waals surface area (Å²) >= 11 is 0. The van der Waals surface area contributed by atoms with Gasteiger partial charge in [0.1, 0.15) is 12.3 Å². The number of ether oxygens (including phenoxy) is 2. The molecule has 0 aromatic heterocycles. The third-order valence-electron chi connectivity index (χ3n) is 4.30. The Morgan fingerprint density at radius 1 is 1.26 bits per heavy atom. The van der Waals surface area contributed by atoms with E-state index in [1.807, 2.05) is 0 Å². The van der Waals surface area contributed by atoms with Crippen molar-refractivity contribution < 1.29 is 41.0 Å². The number of carbonyl (C=O) groups is 2. The zero-order valence-electron chi connectivity index (χ0n) is 15.8. The van der Waals surface area contributed by atoms with Gasteiger partial charge in [-0.25, -0.2) is 9.79 Å². The van der Waals surface area contributed by atoms with Crippen LogP contribution in [-0.2, 0) is 9.53 Å². The summed E-state index contributed by atoms with van der Waals surface area (Å²) in [5.74, 6) is -0.735. The summed E-state index contributed by atoms with van der Waals surface area (Å²) in [6, 6.07) is 2.35. The molecule has 2 N–H and O–H groups in total. The predicted octanol–water partition coefficient (Wildman–Crippen LogP) is 3.04. The van der Waals surface area contributed by atoms with Crippen LogP contribution >= 0.6 is 0 Å². The molecule has 1 atom stereocenters. The summed E-state index contributed by atoms with van der Waals surface area (Å²) in [5.41, 5.74) is 0.647. The number of hydrogen-bond donors (Lipinski definition) is 2. The third-order valence-corrected chi connectivity index (χ3v) is 4.30. The molecule has 168 valence electrons. The topological polar surface area (TPSA) is 92.3 Å². The molecule has 1 unspecified atom stereocenters. The summed E-state index contributed by atoms with van der Waals surface area (Å²) in [4.78, 5) is 29.9. The number of benzene rings is 1. The van der Waals surface area contributed by atoms with E-state index in [1.165, 1.54) is 12.1 Å². The number of amides is 3. The molecule has 0 saturated heterocycles. The zero-order chi connectivity index (χ0) is 22.6. The molecular formula is C18H17F5N4O4. The van der Waals surface area contributed by atoms with Crippen LogP contribution in [0.2, 0.25) is 0 Å². The number of halogens is 5. The van der Waals surface area contributed by atoms with Gasteiger partial charge in [-0.15, -0.1) is 13.2 Å². The maximum atomic E-state index is 12.8. The summed E-state index contributed by atoms with van der Waals surface area (Å²) in [6.07, 6.45) is -2.28. The highest BCUT2D eigenvalue weighted by Crippen LogP contribution is 2.26. The molecule has 2 aliphatic heterocycles. The van der Waals surface area contributed by atoms with Crippen LogP contribution in [0.3, 0.4) is 0 Å². The Kier molecular flexibility index (Phi) is 6.73. The molecule has 2 heterocycles. The highest BCUT2D eigenvalue weighted by molar-refractivity contribution is 5.89. The molecule has 31 heavy (non-hydrogen) atoms.